The fraction of sp³-hybridized carbons (Fsp3) is 0.346. The fourth-order valence-electron chi connectivity index (χ4n) is 4.04. The number of anilines is 1. The highest BCUT2D eigenvalue weighted by Crippen LogP contribution is 2.30. The number of likely N-dealkylation sites (N-methyl/N-ethyl adjacent to an activating group) is 1. The largest absolute Gasteiger partial charge is 0.486 e. The SMILES string of the molecule is CNCCC(Oc1ccc(CN2CCN(C)c3nc(OC)ncc3C2=O)cc1)c1ccccc1Cl. The maximum atomic E-state index is 13.2. The maximum absolute atomic E-state index is 13.2. The van der Waals surface area contributed by atoms with Crippen LogP contribution in [0, 0.1) is 0 Å². The van der Waals surface area contributed by atoms with Crippen LogP contribution in [0.4, 0.5) is 5.82 Å². The Hall–Kier alpha value is -3.36. The fourth-order valence-corrected chi connectivity index (χ4v) is 4.30. The lowest BCUT2D eigenvalue weighted by Gasteiger charge is -2.22. The molecule has 1 amide bonds. The van der Waals surface area contributed by atoms with Crippen molar-refractivity contribution in [3.05, 3.63) is 76.4 Å². The second-order valence-corrected chi connectivity index (χ2v) is 8.81. The smallest absolute Gasteiger partial charge is 0.318 e. The number of aromatic nitrogens is 2. The number of halogens is 1. The number of benzene rings is 2. The predicted octanol–water partition coefficient (Wildman–Crippen LogP) is 3.96. The highest BCUT2D eigenvalue weighted by molar-refractivity contribution is 6.31. The molecule has 0 fully saturated rings. The number of nitrogens with one attached hydrogen (secondary N) is 1. The summed E-state index contributed by atoms with van der Waals surface area (Å²) in [6.45, 7) is 2.51. The van der Waals surface area contributed by atoms with Crippen molar-refractivity contribution in [3.8, 4) is 11.8 Å². The first-order chi connectivity index (χ1) is 17.0. The number of carbonyl (C=O) groups is 1. The molecule has 1 unspecified atom stereocenters. The molecule has 1 aliphatic heterocycles. The molecule has 4 rings (SSSR count). The first-order valence-corrected chi connectivity index (χ1v) is 11.9. The van der Waals surface area contributed by atoms with E-state index in [-0.39, 0.29) is 18.0 Å². The van der Waals surface area contributed by atoms with E-state index in [2.05, 4.69) is 15.3 Å². The average Bonchev–Trinajstić information content (AvgIpc) is 2.99. The number of amides is 1. The van der Waals surface area contributed by atoms with E-state index in [1.165, 1.54) is 13.3 Å². The molecule has 1 N–H and O–H groups in total. The Balaban J connectivity index is 1.47. The first-order valence-electron chi connectivity index (χ1n) is 11.6. The van der Waals surface area contributed by atoms with Crippen LogP contribution in [0.3, 0.4) is 0 Å². The van der Waals surface area contributed by atoms with Crippen molar-refractivity contribution >= 4 is 23.3 Å². The van der Waals surface area contributed by atoms with E-state index >= 15 is 0 Å². The molecule has 0 radical (unpaired) electrons. The third-order valence-electron chi connectivity index (χ3n) is 6.00. The van der Waals surface area contributed by atoms with E-state index in [0.717, 1.165) is 29.8 Å². The summed E-state index contributed by atoms with van der Waals surface area (Å²) in [6, 6.07) is 15.9. The van der Waals surface area contributed by atoms with Gasteiger partial charge in [0.15, 0.2) is 0 Å². The molecule has 0 saturated carbocycles. The summed E-state index contributed by atoms with van der Waals surface area (Å²) in [6.07, 6.45) is 2.15. The molecule has 0 saturated heterocycles. The molecule has 8 nitrogen and oxygen atoms in total. The van der Waals surface area contributed by atoms with Crippen LogP contribution in [0.2, 0.25) is 5.02 Å². The van der Waals surface area contributed by atoms with Crippen LogP contribution in [-0.4, -0.2) is 61.6 Å². The number of rotatable bonds is 9. The van der Waals surface area contributed by atoms with Crippen LogP contribution in [0.25, 0.3) is 0 Å². The molecule has 0 spiro atoms. The third kappa shape index (κ3) is 5.83. The zero-order chi connectivity index (χ0) is 24.8. The Morgan fingerprint density at radius 2 is 1.91 bits per heavy atom. The number of nitrogens with zero attached hydrogens (tertiary/aromatic N) is 4. The van der Waals surface area contributed by atoms with Gasteiger partial charge in [-0.15, -0.1) is 0 Å². The van der Waals surface area contributed by atoms with Gasteiger partial charge in [0.2, 0.25) is 0 Å². The highest BCUT2D eigenvalue weighted by atomic mass is 35.5. The van der Waals surface area contributed by atoms with Gasteiger partial charge in [-0.25, -0.2) is 4.98 Å². The van der Waals surface area contributed by atoms with Gasteiger partial charge in [-0.2, -0.15) is 4.98 Å². The molecule has 1 atom stereocenters. The van der Waals surface area contributed by atoms with Crippen LogP contribution < -0.4 is 19.7 Å². The molecule has 1 aromatic heterocycles. The number of methoxy groups -OCH3 is 1. The Morgan fingerprint density at radius 3 is 2.63 bits per heavy atom. The maximum Gasteiger partial charge on any atom is 0.318 e. The van der Waals surface area contributed by atoms with Crippen molar-refractivity contribution in [3.63, 3.8) is 0 Å². The zero-order valence-electron chi connectivity index (χ0n) is 20.2. The van der Waals surface area contributed by atoms with Gasteiger partial charge in [-0.3, -0.25) is 4.79 Å². The Morgan fingerprint density at radius 1 is 1.14 bits per heavy atom. The van der Waals surface area contributed by atoms with Crippen LogP contribution in [0.15, 0.2) is 54.7 Å². The zero-order valence-corrected chi connectivity index (χ0v) is 21.0. The van der Waals surface area contributed by atoms with E-state index in [0.29, 0.717) is 36.0 Å². The van der Waals surface area contributed by atoms with Crippen molar-refractivity contribution in [1.29, 1.82) is 0 Å². The molecule has 9 heteroatoms. The van der Waals surface area contributed by atoms with E-state index < -0.39 is 0 Å². The summed E-state index contributed by atoms with van der Waals surface area (Å²) in [4.78, 5) is 25.5. The second kappa shape index (κ2) is 11.4. The molecule has 35 heavy (non-hydrogen) atoms. The van der Waals surface area contributed by atoms with Gasteiger partial charge in [-0.1, -0.05) is 41.9 Å². The van der Waals surface area contributed by atoms with Crippen LogP contribution >= 0.6 is 11.6 Å². The third-order valence-corrected chi connectivity index (χ3v) is 6.34. The number of ether oxygens (including phenoxy) is 2. The van der Waals surface area contributed by atoms with Crippen LogP contribution in [-0.2, 0) is 6.54 Å². The van der Waals surface area contributed by atoms with Crippen molar-refractivity contribution in [2.75, 3.05) is 45.7 Å². The molecule has 3 aromatic rings. The van der Waals surface area contributed by atoms with Gasteiger partial charge >= 0.3 is 6.01 Å². The number of hydrogen-bond donors (Lipinski definition) is 1. The molecule has 1 aliphatic rings. The van der Waals surface area contributed by atoms with E-state index in [1.54, 1.807) is 0 Å². The summed E-state index contributed by atoms with van der Waals surface area (Å²) in [7, 11) is 5.34. The highest BCUT2D eigenvalue weighted by Gasteiger charge is 2.27. The standard InChI is InChI=1S/C26H30ClN5O3/c1-28-13-12-23(20-6-4-5-7-22(20)27)35-19-10-8-18(9-11-19)17-32-15-14-31(2)24-21(25(32)33)16-29-26(30-24)34-3/h4-11,16,23,28H,12-15,17H2,1-3H3. The number of fused-ring (bicyclic) bond motifs is 1. The summed E-state index contributed by atoms with van der Waals surface area (Å²) in [5, 5.41) is 3.87. The number of hydrogen-bond acceptors (Lipinski definition) is 7. The van der Waals surface area contributed by atoms with E-state index in [4.69, 9.17) is 21.1 Å². The molecule has 184 valence electrons. The van der Waals surface area contributed by atoms with Crippen LogP contribution in [0.5, 0.6) is 11.8 Å². The summed E-state index contributed by atoms with van der Waals surface area (Å²) in [5.41, 5.74) is 2.44. The molecular formula is C26H30ClN5O3. The molecule has 2 heterocycles. The van der Waals surface area contributed by atoms with Gasteiger partial charge in [-0.05, 0) is 37.4 Å². The quantitative estimate of drug-likeness (QED) is 0.481. The normalized spacial score (nSPS) is 14.3. The van der Waals surface area contributed by atoms with E-state index in [1.807, 2.05) is 72.4 Å². The topological polar surface area (TPSA) is 79.8 Å². The van der Waals surface area contributed by atoms with Gasteiger partial charge in [0.1, 0.15) is 23.2 Å². The Labute approximate surface area is 210 Å². The summed E-state index contributed by atoms with van der Waals surface area (Å²) in [5.74, 6) is 1.24. The molecule has 0 aliphatic carbocycles. The Kier molecular flexibility index (Phi) is 8.05. The minimum atomic E-state index is -0.168. The van der Waals surface area contributed by atoms with Gasteiger partial charge in [0, 0.05) is 49.9 Å². The van der Waals surface area contributed by atoms with Gasteiger partial charge in [0.05, 0.1) is 7.11 Å². The van der Waals surface area contributed by atoms with Gasteiger partial charge < -0.3 is 24.6 Å². The minimum Gasteiger partial charge on any atom is -0.486 e. The number of carbonyl (C=O) groups excluding carboxylic acids is 1. The first kappa shape index (κ1) is 24.8. The van der Waals surface area contributed by atoms with Crippen molar-refractivity contribution in [1.82, 2.24) is 20.2 Å². The lowest BCUT2D eigenvalue weighted by molar-refractivity contribution is 0.0754. The minimum absolute atomic E-state index is 0.0989. The Bertz CT molecular complexity index is 1160. The predicted molar refractivity (Wildman–Crippen MR) is 136 cm³/mol. The molecule has 2 aromatic carbocycles. The monoisotopic (exact) mass is 495 g/mol. The average molecular weight is 496 g/mol. The van der Waals surface area contributed by atoms with E-state index in [9.17, 15) is 4.79 Å². The second-order valence-electron chi connectivity index (χ2n) is 8.41. The van der Waals surface area contributed by atoms with Crippen molar-refractivity contribution in [2.45, 2.75) is 19.1 Å². The van der Waals surface area contributed by atoms with Crippen LogP contribution in [0.1, 0.15) is 34.0 Å². The summed E-state index contributed by atoms with van der Waals surface area (Å²) < 4.78 is 11.4. The lowest BCUT2D eigenvalue weighted by atomic mass is 10.1. The van der Waals surface area contributed by atoms with Crippen molar-refractivity contribution < 1.29 is 14.3 Å². The van der Waals surface area contributed by atoms with Gasteiger partial charge in [0.25, 0.3) is 5.91 Å². The van der Waals surface area contributed by atoms with Crippen molar-refractivity contribution in [2.24, 2.45) is 0 Å². The molecule has 0 bridgehead atoms. The summed E-state index contributed by atoms with van der Waals surface area (Å²) >= 11 is 6.43. The lowest BCUT2D eigenvalue weighted by Crippen LogP contribution is -2.33. The molecular weight excluding hydrogens is 466 g/mol.